The molecular weight excluding hydrogens is 248 g/mol. The molecule has 0 spiro atoms. The van der Waals surface area contributed by atoms with Crippen LogP contribution >= 0.6 is 0 Å². The topological polar surface area (TPSA) is 74.5 Å². The molecule has 1 aromatic heterocycles. The van der Waals surface area contributed by atoms with Gasteiger partial charge in [-0.05, 0) is 32.6 Å². The highest BCUT2D eigenvalue weighted by Crippen LogP contribution is 2.40. The van der Waals surface area contributed by atoms with Gasteiger partial charge in [0.25, 0.3) is 0 Å². The van der Waals surface area contributed by atoms with E-state index in [1.165, 1.54) is 7.11 Å². The largest absolute Gasteiger partial charge is 0.377 e. The summed E-state index contributed by atoms with van der Waals surface area (Å²) in [6.45, 7) is 2.64. The molecule has 1 aliphatic carbocycles. The number of rotatable bonds is 7. The van der Waals surface area contributed by atoms with E-state index in [4.69, 9.17) is 14.0 Å². The Bertz CT molecular complexity index is 424. The van der Waals surface area contributed by atoms with Crippen LogP contribution < -0.4 is 0 Å². The van der Waals surface area contributed by atoms with Crippen LogP contribution in [0.15, 0.2) is 4.52 Å². The molecule has 6 nitrogen and oxygen atoms in total. The van der Waals surface area contributed by atoms with Gasteiger partial charge in [0.15, 0.2) is 5.78 Å². The molecule has 1 heterocycles. The van der Waals surface area contributed by atoms with E-state index >= 15 is 0 Å². The number of ketones is 1. The van der Waals surface area contributed by atoms with Crippen LogP contribution in [-0.2, 0) is 26.3 Å². The summed E-state index contributed by atoms with van der Waals surface area (Å²) in [6, 6.07) is 0. The molecule has 0 aliphatic heterocycles. The summed E-state index contributed by atoms with van der Waals surface area (Å²) in [7, 11) is 1.49. The molecule has 0 aromatic carbocycles. The van der Waals surface area contributed by atoms with E-state index in [-0.39, 0.29) is 18.8 Å². The average Bonchev–Trinajstić information content (AvgIpc) is 3.00. The lowest BCUT2D eigenvalue weighted by Gasteiger charge is -2.24. The van der Waals surface area contributed by atoms with Crippen molar-refractivity contribution < 1.29 is 18.8 Å². The van der Waals surface area contributed by atoms with E-state index in [0.717, 1.165) is 25.7 Å². The maximum absolute atomic E-state index is 11.5. The number of hydrogen-bond donors (Lipinski definition) is 0. The summed E-state index contributed by atoms with van der Waals surface area (Å²) < 4.78 is 15.8. The summed E-state index contributed by atoms with van der Waals surface area (Å²) in [5.74, 6) is 0.838. The van der Waals surface area contributed by atoms with Crippen molar-refractivity contribution in [2.45, 2.75) is 44.6 Å². The van der Waals surface area contributed by atoms with Gasteiger partial charge in [0.1, 0.15) is 12.2 Å². The van der Waals surface area contributed by atoms with Gasteiger partial charge in [-0.3, -0.25) is 4.79 Å². The molecule has 1 aliphatic rings. The van der Waals surface area contributed by atoms with Gasteiger partial charge in [-0.15, -0.1) is 0 Å². The first-order valence-electron chi connectivity index (χ1n) is 6.68. The van der Waals surface area contributed by atoms with Crippen LogP contribution in [0, 0.1) is 0 Å². The monoisotopic (exact) mass is 268 g/mol. The molecule has 6 heteroatoms. The molecular formula is C13H20N2O4. The van der Waals surface area contributed by atoms with Crippen LogP contribution in [0.1, 0.15) is 44.3 Å². The molecule has 1 saturated carbocycles. The highest BCUT2D eigenvalue weighted by molar-refractivity contribution is 5.81. The Morgan fingerprint density at radius 2 is 2.16 bits per heavy atom. The van der Waals surface area contributed by atoms with E-state index in [9.17, 15) is 4.79 Å². The molecule has 0 N–H and O–H groups in total. The number of nitrogens with zero attached hydrogens (tertiary/aromatic N) is 2. The summed E-state index contributed by atoms with van der Waals surface area (Å²) in [6.07, 6.45) is 4.14. The lowest BCUT2D eigenvalue weighted by Crippen LogP contribution is -2.27. The Balaban J connectivity index is 2.08. The smallest absolute Gasteiger partial charge is 0.234 e. The zero-order valence-corrected chi connectivity index (χ0v) is 11.5. The summed E-state index contributed by atoms with van der Waals surface area (Å²) in [5, 5.41) is 4.00. The third-order valence-corrected chi connectivity index (χ3v) is 3.36. The van der Waals surface area contributed by atoms with E-state index in [2.05, 4.69) is 10.1 Å². The lowest BCUT2D eigenvalue weighted by molar-refractivity contribution is -0.122. The van der Waals surface area contributed by atoms with E-state index in [0.29, 0.717) is 18.3 Å². The summed E-state index contributed by atoms with van der Waals surface area (Å²) in [4.78, 5) is 15.8. The molecule has 1 aromatic rings. The van der Waals surface area contributed by atoms with E-state index < -0.39 is 5.60 Å². The first kappa shape index (κ1) is 14.1. The van der Waals surface area contributed by atoms with Gasteiger partial charge in [-0.25, -0.2) is 0 Å². The second-order valence-electron chi connectivity index (χ2n) is 4.79. The van der Waals surface area contributed by atoms with E-state index in [1.807, 2.05) is 6.92 Å². The highest BCUT2D eigenvalue weighted by atomic mass is 16.5. The predicted molar refractivity (Wildman–Crippen MR) is 66.7 cm³/mol. The third kappa shape index (κ3) is 3.19. The fourth-order valence-corrected chi connectivity index (χ4v) is 2.55. The lowest BCUT2D eigenvalue weighted by atomic mass is 10.0. The number of carbonyl (C=O) groups is 1. The second kappa shape index (κ2) is 6.25. The molecule has 0 unspecified atom stereocenters. The van der Waals surface area contributed by atoms with E-state index in [1.54, 1.807) is 0 Å². The normalized spacial score (nSPS) is 17.8. The Hall–Kier alpha value is -1.27. The number of ether oxygens (including phenoxy) is 2. The van der Waals surface area contributed by atoms with Crippen molar-refractivity contribution in [2.75, 3.05) is 20.3 Å². The fourth-order valence-electron chi connectivity index (χ4n) is 2.55. The highest BCUT2D eigenvalue weighted by Gasteiger charge is 2.40. The maximum Gasteiger partial charge on any atom is 0.234 e. The minimum atomic E-state index is -0.416. The van der Waals surface area contributed by atoms with Gasteiger partial charge in [0.2, 0.25) is 11.7 Å². The molecule has 2 rings (SSSR count). The Morgan fingerprint density at radius 3 is 2.79 bits per heavy atom. The van der Waals surface area contributed by atoms with Crippen molar-refractivity contribution in [3.63, 3.8) is 0 Å². The van der Waals surface area contributed by atoms with Crippen molar-refractivity contribution in [3.8, 4) is 0 Å². The van der Waals surface area contributed by atoms with Gasteiger partial charge in [0, 0.05) is 13.7 Å². The first-order chi connectivity index (χ1) is 9.20. The quantitative estimate of drug-likeness (QED) is 0.748. The van der Waals surface area contributed by atoms with Crippen LogP contribution in [0.25, 0.3) is 0 Å². The number of hydrogen-bond acceptors (Lipinski definition) is 6. The van der Waals surface area contributed by atoms with Crippen molar-refractivity contribution in [1.82, 2.24) is 10.1 Å². The Morgan fingerprint density at radius 1 is 1.42 bits per heavy atom. The molecule has 19 heavy (non-hydrogen) atoms. The molecule has 1 fully saturated rings. The standard InChI is InChI=1S/C13H20N2O4/c1-3-18-13(6-4-5-7-13)12-14-11(19-15-12)8-10(16)9-17-2/h3-9H2,1-2H3. The average molecular weight is 268 g/mol. The molecule has 0 amide bonds. The minimum absolute atomic E-state index is 0.0638. The molecule has 106 valence electrons. The van der Waals surface area contributed by atoms with Gasteiger partial charge in [-0.2, -0.15) is 4.98 Å². The van der Waals surface area contributed by atoms with Gasteiger partial charge in [0.05, 0.1) is 6.42 Å². The van der Waals surface area contributed by atoms with Gasteiger partial charge < -0.3 is 14.0 Å². The SMILES string of the molecule is CCOC1(c2noc(CC(=O)COC)n2)CCCC1. The molecule has 0 saturated heterocycles. The minimum Gasteiger partial charge on any atom is -0.377 e. The Labute approximate surface area is 112 Å². The zero-order valence-electron chi connectivity index (χ0n) is 11.5. The number of carbonyl (C=O) groups excluding carboxylic acids is 1. The summed E-state index contributed by atoms with van der Waals surface area (Å²) >= 11 is 0. The fraction of sp³-hybridized carbons (Fsp3) is 0.769. The number of aromatic nitrogens is 2. The number of methoxy groups -OCH3 is 1. The van der Waals surface area contributed by atoms with Gasteiger partial charge >= 0.3 is 0 Å². The molecule has 0 radical (unpaired) electrons. The van der Waals surface area contributed by atoms with Crippen molar-refractivity contribution in [2.24, 2.45) is 0 Å². The van der Waals surface area contributed by atoms with Crippen LogP contribution in [0.2, 0.25) is 0 Å². The van der Waals surface area contributed by atoms with Crippen molar-refractivity contribution in [3.05, 3.63) is 11.7 Å². The third-order valence-electron chi connectivity index (χ3n) is 3.36. The van der Waals surface area contributed by atoms with Crippen LogP contribution in [-0.4, -0.2) is 36.2 Å². The molecule has 0 bridgehead atoms. The summed E-state index contributed by atoms with van der Waals surface area (Å²) in [5.41, 5.74) is -0.416. The number of Topliss-reactive ketones (excluding diaryl/α,β-unsaturated/α-hetero) is 1. The van der Waals surface area contributed by atoms with Crippen LogP contribution in [0.3, 0.4) is 0 Å². The predicted octanol–water partition coefficient (Wildman–Crippen LogP) is 1.63. The van der Waals surface area contributed by atoms with Crippen molar-refractivity contribution in [1.29, 1.82) is 0 Å². The van der Waals surface area contributed by atoms with Crippen LogP contribution in [0.5, 0.6) is 0 Å². The van der Waals surface area contributed by atoms with Gasteiger partial charge in [-0.1, -0.05) is 5.16 Å². The Kier molecular flexibility index (Phi) is 4.66. The van der Waals surface area contributed by atoms with Crippen molar-refractivity contribution >= 4 is 5.78 Å². The van der Waals surface area contributed by atoms with Crippen LogP contribution in [0.4, 0.5) is 0 Å². The second-order valence-corrected chi connectivity index (χ2v) is 4.79. The zero-order chi connectivity index (χ0) is 13.7. The molecule has 0 atom stereocenters. The maximum atomic E-state index is 11.5. The first-order valence-corrected chi connectivity index (χ1v) is 6.68.